The predicted molar refractivity (Wildman–Crippen MR) is 92.8 cm³/mol. The van der Waals surface area contributed by atoms with Gasteiger partial charge in [-0.3, -0.25) is 4.79 Å². The van der Waals surface area contributed by atoms with Crippen LogP contribution >= 0.6 is 0 Å². The third-order valence-corrected chi connectivity index (χ3v) is 3.85. The van der Waals surface area contributed by atoms with Crippen LogP contribution in [0.4, 0.5) is 0 Å². The number of tetrazole rings is 1. The fraction of sp³-hybridized carbons (Fsp3) is 0.222. The molecule has 1 amide bonds. The van der Waals surface area contributed by atoms with Crippen LogP contribution in [0.2, 0.25) is 0 Å². The van der Waals surface area contributed by atoms with Crippen LogP contribution in [-0.4, -0.2) is 51.2 Å². The molecule has 0 aliphatic carbocycles. The number of hydrogen-bond acceptors (Lipinski definition) is 5. The Labute approximate surface area is 145 Å². The first-order valence-electron chi connectivity index (χ1n) is 7.93. The fourth-order valence-corrected chi connectivity index (χ4v) is 2.44. The van der Waals surface area contributed by atoms with Crippen LogP contribution < -0.4 is 4.74 Å². The molecule has 0 saturated heterocycles. The topological polar surface area (TPSA) is 73.1 Å². The first-order valence-corrected chi connectivity index (χ1v) is 7.93. The molecule has 0 N–H and O–H groups in total. The number of benzene rings is 2. The average molecular weight is 337 g/mol. The molecule has 1 aromatic heterocycles. The summed E-state index contributed by atoms with van der Waals surface area (Å²) in [4.78, 5) is 14.4. The van der Waals surface area contributed by atoms with Gasteiger partial charge in [0, 0.05) is 7.05 Å². The number of aromatic nitrogens is 4. The Morgan fingerprint density at radius 3 is 2.68 bits per heavy atom. The van der Waals surface area contributed by atoms with Gasteiger partial charge in [-0.25, -0.2) is 0 Å². The van der Waals surface area contributed by atoms with Gasteiger partial charge in [-0.05, 0) is 41.1 Å². The number of carbonyl (C=O) groups excluding carboxylic acids is 1. The summed E-state index contributed by atoms with van der Waals surface area (Å²) in [5, 5.41) is 11.1. The van der Waals surface area contributed by atoms with Crippen LogP contribution in [0, 0.1) is 6.92 Å². The second-order valence-corrected chi connectivity index (χ2v) is 5.61. The molecule has 0 unspecified atom stereocenters. The van der Waals surface area contributed by atoms with E-state index < -0.39 is 0 Å². The Kier molecular flexibility index (Phi) is 5.03. The van der Waals surface area contributed by atoms with E-state index >= 15 is 0 Å². The van der Waals surface area contributed by atoms with Gasteiger partial charge >= 0.3 is 0 Å². The minimum Gasteiger partial charge on any atom is -0.491 e. The molecule has 1 heterocycles. The second-order valence-electron chi connectivity index (χ2n) is 5.61. The first-order chi connectivity index (χ1) is 12.2. The number of hydrogen-bond donors (Lipinski definition) is 0. The van der Waals surface area contributed by atoms with Crippen molar-refractivity contribution < 1.29 is 9.53 Å². The monoisotopic (exact) mass is 337 g/mol. The molecular formula is C18H19N5O2. The van der Waals surface area contributed by atoms with Gasteiger partial charge in [-0.15, -0.1) is 5.10 Å². The third-order valence-electron chi connectivity index (χ3n) is 3.85. The summed E-state index contributed by atoms with van der Waals surface area (Å²) in [7, 11) is 1.75. The van der Waals surface area contributed by atoms with Crippen LogP contribution in [-0.2, 0) is 0 Å². The normalized spacial score (nSPS) is 10.5. The Morgan fingerprint density at radius 2 is 1.92 bits per heavy atom. The third kappa shape index (κ3) is 3.82. The van der Waals surface area contributed by atoms with Crippen LogP contribution in [0.1, 0.15) is 15.9 Å². The van der Waals surface area contributed by atoms with Crippen molar-refractivity contribution >= 4 is 5.91 Å². The number of amides is 1. The molecular weight excluding hydrogens is 318 g/mol. The lowest BCUT2D eigenvalue weighted by Gasteiger charge is -2.19. The maximum absolute atomic E-state index is 12.8. The van der Waals surface area contributed by atoms with E-state index in [0.29, 0.717) is 24.4 Å². The van der Waals surface area contributed by atoms with Crippen molar-refractivity contribution in [3.05, 3.63) is 66.0 Å². The lowest BCUT2D eigenvalue weighted by Crippen LogP contribution is -2.31. The van der Waals surface area contributed by atoms with Crippen molar-refractivity contribution in [3.63, 3.8) is 0 Å². The van der Waals surface area contributed by atoms with E-state index in [2.05, 4.69) is 15.5 Å². The van der Waals surface area contributed by atoms with Crippen molar-refractivity contribution in [1.29, 1.82) is 0 Å². The lowest BCUT2D eigenvalue weighted by atomic mass is 10.1. The molecule has 0 aliphatic rings. The van der Waals surface area contributed by atoms with Gasteiger partial charge < -0.3 is 9.64 Å². The van der Waals surface area contributed by atoms with Crippen molar-refractivity contribution in [1.82, 2.24) is 25.1 Å². The summed E-state index contributed by atoms with van der Waals surface area (Å²) in [5.74, 6) is 0.719. The molecule has 25 heavy (non-hydrogen) atoms. The van der Waals surface area contributed by atoms with E-state index in [0.717, 1.165) is 11.3 Å². The van der Waals surface area contributed by atoms with Gasteiger partial charge in [-0.1, -0.05) is 30.3 Å². The van der Waals surface area contributed by atoms with Gasteiger partial charge in [-0.2, -0.15) is 4.68 Å². The Bertz CT molecular complexity index is 848. The van der Waals surface area contributed by atoms with E-state index in [1.807, 2.05) is 43.3 Å². The van der Waals surface area contributed by atoms with Crippen LogP contribution in [0.3, 0.4) is 0 Å². The fourth-order valence-electron chi connectivity index (χ4n) is 2.44. The number of aryl methyl sites for hydroxylation is 1. The summed E-state index contributed by atoms with van der Waals surface area (Å²) in [5.41, 5.74) is 2.25. The summed E-state index contributed by atoms with van der Waals surface area (Å²) < 4.78 is 7.24. The maximum Gasteiger partial charge on any atom is 0.255 e. The van der Waals surface area contributed by atoms with Crippen molar-refractivity contribution in [3.8, 4) is 11.4 Å². The van der Waals surface area contributed by atoms with E-state index in [4.69, 9.17) is 4.74 Å². The number of nitrogens with zero attached hydrogens (tertiary/aromatic N) is 5. The zero-order chi connectivity index (χ0) is 17.6. The van der Waals surface area contributed by atoms with Crippen LogP contribution in [0.5, 0.6) is 5.75 Å². The standard InChI is InChI=1S/C18H19N5O2/c1-14-7-3-6-10-17(14)25-12-11-22(2)18(24)15-8-4-5-9-16(15)23-13-19-20-21-23/h3-10,13H,11-12H2,1-2H3. The quantitative estimate of drug-likeness (QED) is 0.689. The molecule has 7 nitrogen and oxygen atoms in total. The van der Waals surface area contributed by atoms with E-state index in [9.17, 15) is 4.79 Å². The highest BCUT2D eigenvalue weighted by atomic mass is 16.5. The molecule has 128 valence electrons. The molecule has 3 aromatic rings. The van der Waals surface area contributed by atoms with Crippen LogP contribution in [0.25, 0.3) is 5.69 Å². The average Bonchev–Trinajstić information content (AvgIpc) is 3.17. The van der Waals surface area contributed by atoms with Crippen molar-refractivity contribution in [2.45, 2.75) is 6.92 Å². The highest BCUT2D eigenvalue weighted by molar-refractivity contribution is 5.97. The van der Waals surface area contributed by atoms with Crippen molar-refractivity contribution in [2.24, 2.45) is 0 Å². The number of likely N-dealkylation sites (N-methyl/N-ethyl adjacent to an activating group) is 1. The van der Waals surface area contributed by atoms with E-state index in [-0.39, 0.29) is 5.91 Å². The van der Waals surface area contributed by atoms with Gasteiger partial charge in [0.1, 0.15) is 18.7 Å². The Balaban J connectivity index is 1.66. The largest absolute Gasteiger partial charge is 0.491 e. The minimum atomic E-state index is -0.112. The highest BCUT2D eigenvalue weighted by Gasteiger charge is 2.17. The number of para-hydroxylation sites is 2. The molecule has 0 spiro atoms. The molecule has 3 rings (SSSR count). The number of carbonyl (C=O) groups is 1. The number of ether oxygens (including phenoxy) is 1. The summed E-state index contributed by atoms with van der Waals surface area (Å²) in [6.45, 7) is 2.88. The zero-order valence-corrected chi connectivity index (χ0v) is 14.2. The highest BCUT2D eigenvalue weighted by Crippen LogP contribution is 2.17. The smallest absolute Gasteiger partial charge is 0.255 e. The molecule has 7 heteroatoms. The SMILES string of the molecule is Cc1ccccc1OCCN(C)C(=O)c1ccccc1-n1cnnn1. The van der Waals surface area contributed by atoms with Gasteiger partial charge in [0.05, 0.1) is 17.8 Å². The Morgan fingerprint density at radius 1 is 1.16 bits per heavy atom. The van der Waals surface area contributed by atoms with Gasteiger partial charge in [0.15, 0.2) is 0 Å². The van der Waals surface area contributed by atoms with E-state index in [1.165, 1.54) is 11.0 Å². The Hall–Kier alpha value is -3.22. The van der Waals surface area contributed by atoms with Gasteiger partial charge in [0.2, 0.25) is 0 Å². The van der Waals surface area contributed by atoms with Gasteiger partial charge in [0.25, 0.3) is 5.91 Å². The van der Waals surface area contributed by atoms with Crippen molar-refractivity contribution in [2.75, 3.05) is 20.2 Å². The summed E-state index contributed by atoms with van der Waals surface area (Å²) in [6, 6.07) is 15.0. The van der Waals surface area contributed by atoms with Crippen LogP contribution in [0.15, 0.2) is 54.9 Å². The predicted octanol–water partition coefficient (Wildman–Crippen LogP) is 2.12. The zero-order valence-electron chi connectivity index (χ0n) is 14.2. The summed E-state index contributed by atoms with van der Waals surface area (Å²) >= 11 is 0. The molecule has 2 aromatic carbocycles. The second kappa shape index (κ2) is 7.57. The van der Waals surface area contributed by atoms with E-state index in [1.54, 1.807) is 24.1 Å². The maximum atomic E-state index is 12.8. The molecule has 0 bridgehead atoms. The lowest BCUT2D eigenvalue weighted by molar-refractivity contribution is 0.0773. The first kappa shape index (κ1) is 16.6. The molecule has 0 fully saturated rings. The number of rotatable bonds is 6. The molecule has 0 atom stereocenters. The summed E-state index contributed by atoms with van der Waals surface area (Å²) in [6.07, 6.45) is 1.47. The molecule has 0 radical (unpaired) electrons. The molecule has 0 saturated carbocycles. The minimum absolute atomic E-state index is 0.112. The molecule has 0 aliphatic heterocycles.